The number of rotatable bonds is 6. The Morgan fingerprint density at radius 1 is 1.19 bits per heavy atom. The second kappa shape index (κ2) is 11.4. The molecule has 0 saturated heterocycles. The molecule has 0 atom stereocenters. The molecule has 5 nitrogen and oxygen atoms in total. The second-order valence-electron chi connectivity index (χ2n) is 4.81. The van der Waals surface area contributed by atoms with Crippen LogP contribution in [0.25, 0.3) is 0 Å². The highest BCUT2D eigenvalue weighted by Crippen LogP contribution is 1.97. The molecule has 0 spiro atoms. The number of carbonyl (C=O) groups is 1. The molecule has 0 heterocycles. The standard InChI is InChI=1S/C15H24N4O.HI/c1-12(2)19-15(16-3)17-10-9-14(20)18-11-13-7-5-4-6-8-13;/h4-8,12H,9-11H2,1-3H3,(H,18,20)(H2,16,17,19);1H. The molecule has 1 amide bonds. The van der Waals surface area contributed by atoms with Gasteiger partial charge in [-0.1, -0.05) is 30.3 Å². The maximum absolute atomic E-state index is 11.7. The lowest BCUT2D eigenvalue weighted by Crippen LogP contribution is -2.42. The maximum Gasteiger partial charge on any atom is 0.222 e. The van der Waals surface area contributed by atoms with Gasteiger partial charge in [-0.3, -0.25) is 9.79 Å². The summed E-state index contributed by atoms with van der Waals surface area (Å²) in [4.78, 5) is 15.8. The maximum atomic E-state index is 11.7. The predicted octanol–water partition coefficient (Wildman–Crippen LogP) is 1.88. The molecule has 0 unspecified atom stereocenters. The number of aliphatic imine (C=N–C) groups is 1. The molecule has 3 N–H and O–H groups in total. The first-order valence-corrected chi connectivity index (χ1v) is 6.89. The van der Waals surface area contributed by atoms with Gasteiger partial charge in [0.1, 0.15) is 0 Å². The normalized spacial score (nSPS) is 10.8. The minimum absolute atomic E-state index is 0. The Morgan fingerprint density at radius 2 is 1.86 bits per heavy atom. The van der Waals surface area contributed by atoms with Gasteiger partial charge in [-0.2, -0.15) is 0 Å². The van der Waals surface area contributed by atoms with Crippen LogP contribution in [-0.2, 0) is 11.3 Å². The number of nitrogens with one attached hydrogen (secondary N) is 3. The Bertz CT molecular complexity index is 435. The van der Waals surface area contributed by atoms with Crippen molar-refractivity contribution in [3.05, 3.63) is 35.9 Å². The third-order valence-corrected chi connectivity index (χ3v) is 2.63. The predicted molar refractivity (Wildman–Crippen MR) is 98.0 cm³/mol. The van der Waals surface area contributed by atoms with Crippen molar-refractivity contribution in [1.82, 2.24) is 16.0 Å². The quantitative estimate of drug-likeness (QED) is 0.386. The Balaban J connectivity index is 0.00000400. The highest BCUT2D eigenvalue weighted by molar-refractivity contribution is 14.0. The number of hydrogen-bond donors (Lipinski definition) is 3. The Labute approximate surface area is 144 Å². The monoisotopic (exact) mass is 404 g/mol. The molecular weight excluding hydrogens is 379 g/mol. The number of benzene rings is 1. The Kier molecular flexibility index (Phi) is 10.7. The molecule has 118 valence electrons. The van der Waals surface area contributed by atoms with Crippen molar-refractivity contribution in [3.8, 4) is 0 Å². The van der Waals surface area contributed by atoms with Gasteiger partial charge in [-0.05, 0) is 19.4 Å². The van der Waals surface area contributed by atoms with E-state index in [4.69, 9.17) is 0 Å². The molecule has 21 heavy (non-hydrogen) atoms. The van der Waals surface area contributed by atoms with E-state index < -0.39 is 0 Å². The fourth-order valence-electron chi connectivity index (χ4n) is 1.65. The summed E-state index contributed by atoms with van der Waals surface area (Å²) in [5, 5.41) is 9.17. The van der Waals surface area contributed by atoms with Crippen LogP contribution in [0.4, 0.5) is 0 Å². The number of nitrogens with zero attached hydrogens (tertiary/aromatic N) is 1. The van der Waals surface area contributed by atoms with Crippen LogP contribution in [0.15, 0.2) is 35.3 Å². The van der Waals surface area contributed by atoms with Crippen LogP contribution < -0.4 is 16.0 Å². The van der Waals surface area contributed by atoms with Crippen molar-refractivity contribution in [3.63, 3.8) is 0 Å². The topological polar surface area (TPSA) is 65.5 Å². The minimum Gasteiger partial charge on any atom is -0.356 e. The highest BCUT2D eigenvalue weighted by atomic mass is 127. The summed E-state index contributed by atoms with van der Waals surface area (Å²) in [5.74, 6) is 0.747. The molecular formula is C15H25IN4O. The summed E-state index contributed by atoms with van der Waals surface area (Å²) in [5.41, 5.74) is 1.10. The van der Waals surface area contributed by atoms with E-state index in [0.717, 1.165) is 11.5 Å². The van der Waals surface area contributed by atoms with Crippen LogP contribution >= 0.6 is 24.0 Å². The summed E-state index contributed by atoms with van der Waals surface area (Å²) >= 11 is 0. The number of hydrogen-bond acceptors (Lipinski definition) is 2. The van der Waals surface area contributed by atoms with Gasteiger partial charge < -0.3 is 16.0 Å². The molecule has 0 aromatic heterocycles. The SMILES string of the molecule is CN=C(NCCC(=O)NCc1ccccc1)NC(C)C.I. The molecule has 1 rings (SSSR count). The van der Waals surface area contributed by atoms with Gasteiger partial charge in [0.25, 0.3) is 0 Å². The van der Waals surface area contributed by atoms with Crippen molar-refractivity contribution in [2.75, 3.05) is 13.6 Å². The Hall–Kier alpha value is -1.31. The van der Waals surface area contributed by atoms with Gasteiger partial charge in [0, 0.05) is 32.6 Å². The van der Waals surface area contributed by atoms with Crippen LogP contribution in [0.2, 0.25) is 0 Å². The van der Waals surface area contributed by atoms with Crippen LogP contribution in [-0.4, -0.2) is 31.5 Å². The van der Waals surface area contributed by atoms with Crippen LogP contribution in [0, 0.1) is 0 Å². The fraction of sp³-hybridized carbons (Fsp3) is 0.467. The molecule has 0 aliphatic rings. The summed E-state index contributed by atoms with van der Waals surface area (Å²) in [6.07, 6.45) is 0.422. The zero-order valence-corrected chi connectivity index (χ0v) is 15.2. The smallest absolute Gasteiger partial charge is 0.222 e. The Morgan fingerprint density at radius 3 is 2.43 bits per heavy atom. The van der Waals surface area contributed by atoms with Crippen molar-refractivity contribution >= 4 is 35.8 Å². The number of carbonyl (C=O) groups excluding carboxylic acids is 1. The van der Waals surface area contributed by atoms with E-state index in [-0.39, 0.29) is 29.9 Å². The summed E-state index contributed by atoms with van der Waals surface area (Å²) in [6, 6.07) is 10.2. The average molecular weight is 404 g/mol. The third kappa shape index (κ3) is 9.28. The lowest BCUT2D eigenvalue weighted by Gasteiger charge is -2.14. The summed E-state index contributed by atoms with van der Waals surface area (Å²) in [6.45, 7) is 5.21. The largest absolute Gasteiger partial charge is 0.356 e. The fourth-order valence-corrected chi connectivity index (χ4v) is 1.65. The summed E-state index contributed by atoms with van der Waals surface area (Å²) < 4.78 is 0. The zero-order valence-electron chi connectivity index (χ0n) is 12.8. The van der Waals surface area contributed by atoms with E-state index >= 15 is 0 Å². The van der Waals surface area contributed by atoms with Crippen LogP contribution in [0.5, 0.6) is 0 Å². The lowest BCUT2D eigenvalue weighted by atomic mass is 10.2. The van der Waals surface area contributed by atoms with Crippen LogP contribution in [0.3, 0.4) is 0 Å². The molecule has 0 aliphatic heterocycles. The molecule has 0 aliphatic carbocycles. The minimum atomic E-state index is 0. The first kappa shape index (κ1) is 19.7. The first-order chi connectivity index (χ1) is 9.61. The van der Waals surface area contributed by atoms with Gasteiger partial charge >= 0.3 is 0 Å². The summed E-state index contributed by atoms with van der Waals surface area (Å²) in [7, 11) is 1.72. The molecule has 0 radical (unpaired) electrons. The molecule has 0 fully saturated rings. The second-order valence-corrected chi connectivity index (χ2v) is 4.81. The van der Waals surface area contributed by atoms with Gasteiger partial charge in [0.05, 0.1) is 0 Å². The van der Waals surface area contributed by atoms with Gasteiger partial charge in [0.15, 0.2) is 5.96 Å². The van der Waals surface area contributed by atoms with Crippen molar-refractivity contribution in [2.45, 2.75) is 32.9 Å². The van der Waals surface area contributed by atoms with E-state index in [0.29, 0.717) is 25.6 Å². The molecule has 6 heteroatoms. The van der Waals surface area contributed by atoms with Gasteiger partial charge in [0.2, 0.25) is 5.91 Å². The number of guanidine groups is 1. The van der Waals surface area contributed by atoms with Crippen molar-refractivity contribution < 1.29 is 4.79 Å². The van der Waals surface area contributed by atoms with Crippen molar-refractivity contribution in [2.24, 2.45) is 4.99 Å². The number of amides is 1. The first-order valence-electron chi connectivity index (χ1n) is 6.89. The van der Waals surface area contributed by atoms with Crippen molar-refractivity contribution in [1.29, 1.82) is 0 Å². The van der Waals surface area contributed by atoms with E-state index in [1.807, 2.05) is 44.2 Å². The molecule has 0 bridgehead atoms. The van der Waals surface area contributed by atoms with E-state index in [2.05, 4.69) is 20.9 Å². The van der Waals surface area contributed by atoms with E-state index in [1.54, 1.807) is 7.05 Å². The highest BCUT2D eigenvalue weighted by Gasteiger charge is 2.03. The molecule has 1 aromatic rings. The van der Waals surface area contributed by atoms with Gasteiger partial charge in [-0.15, -0.1) is 24.0 Å². The average Bonchev–Trinajstić information content (AvgIpc) is 2.44. The van der Waals surface area contributed by atoms with E-state index in [9.17, 15) is 4.79 Å². The van der Waals surface area contributed by atoms with Crippen LogP contribution in [0.1, 0.15) is 25.8 Å². The van der Waals surface area contributed by atoms with E-state index in [1.165, 1.54) is 0 Å². The number of halogens is 1. The van der Waals surface area contributed by atoms with Gasteiger partial charge in [-0.25, -0.2) is 0 Å². The zero-order chi connectivity index (χ0) is 14.8. The third-order valence-electron chi connectivity index (χ3n) is 2.63. The molecule has 0 saturated carbocycles. The lowest BCUT2D eigenvalue weighted by molar-refractivity contribution is -0.121. The molecule has 1 aromatic carbocycles.